The molecule has 0 saturated heterocycles. The van der Waals surface area contributed by atoms with Gasteiger partial charge in [-0.15, -0.1) is 11.3 Å². The smallest absolute Gasteiger partial charge is 0.327 e. The van der Waals surface area contributed by atoms with E-state index in [2.05, 4.69) is 10.7 Å². The van der Waals surface area contributed by atoms with E-state index < -0.39 is 17.7 Å². The fourth-order valence-corrected chi connectivity index (χ4v) is 1.86. The van der Waals surface area contributed by atoms with Gasteiger partial charge in [-0.1, -0.05) is 6.07 Å². The molecule has 6 nitrogen and oxygen atoms in total. The van der Waals surface area contributed by atoms with Crippen LogP contribution in [0.15, 0.2) is 23.6 Å². The maximum atomic E-state index is 11.4. The van der Waals surface area contributed by atoms with Crippen molar-refractivity contribution in [3.8, 4) is 0 Å². The van der Waals surface area contributed by atoms with E-state index in [0.29, 0.717) is 0 Å². The van der Waals surface area contributed by atoms with Crippen LogP contribution in [0.5, 0.6) is 0 Å². The summed E-state index contributed by atoms with van der Waals surface area (Å²) in [5, 5.41) is 4.40. The summed E-state index contributed by atoms with van der Waals surface area (Å²) in [6, 6.07) is 3.83. The van der Waals surface area contributed by atoms with E-state index in [-0.39, 0.29) is 6.04 Å². The van der Waals surface area contributed by atoms with Crippen molar-refractivity contribution >= 4 is 35.1 Å². The number of thiophene rings is 1. The van der Waals surface area contributed by atoms with E-state index >= 15 is 0 Å². The van der Waals surface area contributed by atoms with Crippen LogP contribution >= 0.6 is 11.3 Å². The third kappa shape index (κ3) is 4.55. The summed E-state index contributed by atoms with van der Waals surface area (Å²) >= 11 is 1.49. The summed E-state index contributed by atoms with van der Waals surface area (Å²) < 4.78 is 0. The molecule has 1 aromatic heterocycles. The van der Waals surface area contributed by atoms with Crippen molar-refractivity contribution in [3.63, 3.8) is 0 Å². The van der Waals surface area contributed by atoms with Crippen LogP contribution in [0.25, 0.3) is 6.08 Å². The predicted molar refractivity (Wildman–Crippen MR) is 70.8 cm³/mol. The average molecular weight is 279 g/mol. The van der Waals surface area contributed by atoms with E-state index in [1.807, 2.05) is 22.9 Å². The maximum Gasteiger partial charge on any atom is 0.327 e. The summed E-state index contributed by atoms with van der Waals surface area (Å²) in [5.74, 6) is -2.10. The van der Waals surface area contributed by atoms with Gasteiger partial charge in [0, 0.05) is 17.0 Å². The number of hydrogen-bond donors (Lipinski definition) is 3. The molecular formula is C12H13N3O3S. The molecule has 1 aliphatic carbocycles. The molecule has 1 aromatic rings. The minimum atomic E-state index is -0.871. The van der Waals surface area contributed by atoms with Crippen LogP contribution in [-0.2, 0) is 14.4 Å². The van der Waals surface area contributed by atoms with Crippen molar-refractivity contribution in [1.82, 2.24) is 16.2 Å². The first-order valence-electron chi connectivity index (χ1n) is 5.77. The number of nitrogens with one attached hydrogen (secondary N) is 3. The Balaban J connectivity index is 1.70. The van der Waals surface area contributed by atoms with E-state index in [9.17, 15) is 14.4 Å². The molecule has 0 atom stereocenters. The summed E-state index contributed by atoms with van der Waals surface area (Å²) in [5.41, 5.74) is 4.19. The minimum Gasteiger partial charge on any atom is -0.345 e. The Morgan fingerprint density at radius 3 is 2.63 bits per heavy atom. The minimum absolute atomic E-state index is 0.104. The first-order chi connectivity index (χ1) is 9.15. The predicted octanol–water partition coefficient (Wildman–Crippen LogP) is 0.187. The van der Waals surface area contributed by atoms with E-state index in [1.165, 1.54) is 17.4 Å². The zero-order valence-electron chi connectivity index (χ0n) is 10.0. The molecule has 3 N–H and O–H groups in total. The Morgan fingerprint density at radius 2 is 2.00 bits per heavy atom. The molecule has 3 amide bonds. The zero-order valence-corrected chi connectivity index (χ0v) is 10.8. The average Bonchev–Trinajstić information content (AvgIpc) is 3.06. The van der Waals surface area contributed by atoms with Crippen LogP contribution < -0.4 is 16.2 Å². The van der Waals surface area contributed by atoms with Crippen LogP contribution in [-0.4, -0.2) is 23.8 Å². The largest absolute Gasteiger partial charge is 0.345 e. The highest BCUT2D eigenvalue weighted by Gasteiger charge is 2.26. The molecule has 0 aliphatic heterocycles. The number of carbonyl (C=O) groups excluding carboxylic acids is 3. The molecule has 1 fully saturated rings. The van der Waals surface area contributed by atoms with Gasteiger partial charge in [-0.05, 0) is 30.4 Å². The SMILES string of the molecule is O=C(/C=C/c1cccs1)NNC(=O)C(=O)NC1CC1. The monoisotopic (exact) mass is 279 g/mol. The molecule has 1 heterocycles. The van der Waals surface area contributed by atoms with Crippen LogP contribution in [0.3, 0.4) is 0 Å². The lowest BCUT2D eigenvalue weighted by atomic mass is 10.4. The lowest BCUT2D eigenvalue weighted by molar-refractivity contribution is -0.140. The molecule has 19 heavy (non-hydrogen) atoms. The summed E-state index contributed by atoms with van der Waals surface area (Å²) in [6.45, 7) is 0. The van der Waals surface area contributed by atoms with E-state index in [0.717, 1.165) is 17.7 Å². The van der Waals surface area contributed by atoms with E-state index in [1.54, 1.807) is 6.08 Å². The number of rotatable bonds is 3. The van der Waals surface area contributed by atoms with Crippen LogP contribution in [0, 0.1) is 0 Å². The molecule has 0 bridgehead atoms. The zero-order chi connectivity index (χ0) is 13.7. The fraction of sp³-hybridized carbons (Fsp3) is 0.250. The molecule has 0 aromatic carbocycles. The highest BCUT2D eigenvalue weighted by molar-refractivity contribution is 7.10. The van der Waals surface area contributed by atoms with Gasteiger partial charge in [-0.3, -0.25) is 25.2 Å². The second-order valence-electron chi connectivity index (χ2n) is 4.04. The Hall–Kier alpha value is -2.15. The van der Waals surface area contributed by atoms with Gasteiger partial charge in [0.2, 0.25) is 0 Å². The molecule has 100 valence electrons. The molecule has 1 saturated carbocycles. The van der Waals surface area contributed by atoms with Gasteiger partial charge in [-0.2, -0.15) is 0 Å². The van der Waals surface area contributed by atoms with Gasteiger partial charge in [0.05, 0.1) is 0 Å². The van der Waals surface area contributed by atoms with Crippen LogP contribution in [0.4, 0.5) is 0 Å². The maximum absolute atomic E-state index is 11.4. The lowest BCUT2D eigenvalue weighted by Gasteiger charge is -2.05. The number of amides is 3. The van der Waals surface area contributed by atoms with Crippen molar-refractivity contribution in [2.24, 2.45) is 0 Å². The molecular weight excluding hydrogens is 266 g/mol. The van der Waals surface area contributed by atoms with Crippen LogP contribution in [0.1, 0.15) is 17.7 Å². The molecule has 0 radical (unpaired) electrons. The standard InChI is InChI=1S/C12H13N3O3S/c16-10(6-5-9-2-1-7-19-9)14-15-12(18)11(17)13-8-3-4-8/h1-2,5-8H,3-4H2,(H,13,17)(H,14,16)(H,15,18)/b6-5+. The number of hydrazine groups is 1. The Bertz CT molecular complexity index is 506. The van der Waals surface area contributed by atoms with Gasteiger partial charge in [0.25, 0.3) is 5.91 Å². The van der Waals surface area contributed by atoms with Crippen molar-refractivity contribution in [3.05, 3.63) is 28.5 Å². The van der Waals surface area contributed by atoms with Crippen molar-refractivity contribution in [2.45, 2.75) is 18.9 Å². The first kappa shape index (κ1) is 13.3. The molecule has 0 unspecified atom stereocenters. The Morgan fingerprint density at radius 1 is 1.21 bits per heavy atom. The van der Waals surface area contributed by atoms with Gasteiger partial charge in [0.1, 0.15) is 0 Å². The third-order valence-electron chi connectivity index (χ3n) is 2.36. The Kier molecular flexibility index (Phi) is 4.30. The first-order valence-corrected chi connectivity index (χ1v) is 6.65. The highest BCUT2D eigenvalue weighted by atomic mass is 32.1. The van der Waals surface area contributed by atoms with Gasteiger partial charge >= 0.3 is 11.8 Å². The lowest BCUT2D eigenvalue weighted by Crippen LogP contribution is -2.48. The summed E-state index contributed by atoms with van der Waals surface area (Å²) in [4.78, 5) is 34.8. The normalized spacial score (nSPS) is 14.1. The van der Waals surface area contributed by atoms with Crippen molar-refractivity contribution < 1.29 is 14.4 Å². The second kappa shape index (κ2) is 6.14. The quantitative estimate of drug-likeness (QED) is 0.419. The molecule has 2 rings (SSSR count). The van der Waals surface area contributed by atoms with Gasteiger partial charge < -0.3 is 5.32 Å². The second-order valence-corrected chi connectivity index (χ2v) is 5.02. The van der Waals surface area contributed by atoms with Crippen molar-refractivity contribution in [2.75, 3.05) is 0 Å². The number of hydrogen-bond acceptors (Lipinski definition) is 4. The highest BCUT2D eigenvalue weighted by Crippen LogP contribution is 2.18. The Labute approximate surface area is 113 Å². The summed E-state index contributed by atoms with van der Waals surface area (Å²) in [7, 11) is 0. The summed E-state index contributed by atoms with van der Waals surface area (Å²) in [6.07, 6.45) is 4.70. The van der Waals surface area contributed by atoms with E-state index in [4.69, 9.17) is 0 Å². The molecule has 7 heteroatoms. The fourth-order valence-electron chi connectivity index (χ4n) is 1.24. The topological polar surface area (TPSA) is 87.3 Å². The van der Waals surface area contributed by atoms with Crippen LogP contribution in [0.2, 0.25) is 0 Å². The molecule has 0 spiro atoms. The number of carbonyl (C=O) groups is 3. The molecule has 1 aliphatic rings. The van der Waals surface area contributed by atoms with Gasteiger partial charge in [-0.25, -0.2) is 0 Å². The van der Waals surface area contributed by atoms with Crippen molar-refractivity contribution in [1.29, 1.82) is 0 Å². The third-order valence-corrected chi connectivity index (χ3v) is 3.20. The van der Waals surface area contributed by atoms with Gasteiger partial charge in [0.15, 0.2) is 0 Å².